The van der Waals surface area contributed by atoms with E-state index >= 15 is 0 Å². The molecule has 1 heterocycles. The molecule has 0 aliphatic carbocycles. The Morgan fingerprint density at radius 3 is 2.39 bits per heavy atom. The summed E-state index contributed by atoms with van der Waals surface area (Å²) >= 11 is 0. The summed E-state index contributed by atoms with van der Waals surface area (Å²) in [6, 6.07) is 15.4. The average Bonchev–Trinajstić information content (AvgIpc) is 2.69. The van der Waals surface area contributed by atoms with Crippen molar-refractivity contribution in [2.75, 3.05) is 51.8 Å². The van der Waals surface area contributed by atoms with Crippen LogP contribution in [0, 0.1) is 6.92 Å². The Hall–Kier alpha value is -1.93. The van der Waals surface area contributed by atoms with E-state index in [0.717, 1.165) is 29.9 Å². The molecule has 3 rings (SSSR count). The third-order valence-corrected chi connectivity index (χ3v) is 6.64. The van der Waals surface area contributed by atoms with E-state index < -0.39 is 10.0 Å². The topological polar surface area (TPSA) is 63.1 Å². The Bertz CT molecular complexity index is 876. The molecule has 152 valence electrons. The van der Waals surface area contributed by atoms with Gasteiger partial charge in [-0.05, 0) is 36.8 Å². The zero-order valence-electron chi connectivity index (χ0n) is 16.8. The molecule has 6 nitrogen and oxygen atoms in total. The Kier molecular flexibility index (Phi) is 6.72. The first-order chi connectivity index (χ1) is 13.4. The Labute approximate surface area is 168 Å². The van der Waals surface area contributed by atoms with Gasteiger partial charge < -0.3 is 14.5 Å². The smallest absolute Gasteiger partial charge is 0.240 e. The van der Waals surface area contributed by atoms with Crippen LogP contribution in [0.3, 0.4) is 0 Å². The third-order valence-electron chi connectivity index (χ3n) is 5.22. The van der Waals surface area contributed by atoms with Crippen LogP contribution in [0.15, 0.2) is 53.4 Å². The number of hydrogen-bond donors (Lipinski definition) is 2. The highest BCUT2D eigenvalue weighted by Gasteiger charge is 2.28. The van der Waals surface area contributed by atoms with Crippen molar-refractivity contribution in [3.05, 3.63) is 59.7 Å². The van der Waals surface area contributed by atoms with Gasteiger partial charge in [-0.3, -0.25) is 0 Å². The van der Waals surface area contributed by atoms with Crippen molar-refractivity contribution < 1.29 is 18.1 Å². The minimum absolute atomic E-state index is 0.0414. The van der Waals surface area contributed by atoms with E-state index in [9.17, 15) is 8.42 Å². The van der Waals surface area contributed by atoms with Gasteiger partial charge in [0, 0.05) is 25.3 Å². The third kappa shape index (κ3) is 5.11. The first-order valence-electron chi connectivity index (χ1n) is 9.63. The number of morpholine rings is 1. The number of nitrogens with one attached hydrogen (secondary N) is 2. The van der Waals surface area contributed by atoms with Crippen LogP contribution < -0.4 is 14.5 Å². The number of anilines is 1. The van der Waals surface area contributed by atoms with E-state index in [1.165, 1.54) is 4.90 Å². The summed E-state index contributed by atoms with van der Waals surface area (Å²) in [7, 11) is 0.470. The molecule has 0 amide bonds. The lowest BCUT2D eigenvalue weighted by atomic mass is 10.0. The molecular formula is C21H30N3O3S+. The highest BCUT2D eigenvalue weighted by Crippen LogP contribution is 2.17. The van der Waals surface area contributed by atoms with Crippen LogP contribution in [0.5, 0.6) is 0 Å². The molecule has 0 bridgehead atoms. The van der Waals surface area contributed by atoms with Crippen molar-refractivity contribution in [2.24, 2.45) is 0 Å². The molecule has 7 heteroatoms. The number of quaternary nitrogens is 1. The number of ether oxygens (including phenoxy) is 1. The SMILES string of the molecule is Cc1cccc(S(=O)(=O)NC[C@H](c2ccc(N(C)C)cc2)[NH+]2CCOCC2)c1. The molecule has 2 aromatic rings. The largest absolute Gasteiger partial charge is 0.378 e. The van der Waals surface area contributed by atoms with Gasteiger partial charge in [0.25, 0.3) is 0 Å². The summed E-state index contributed by atoms with van der Waals surface area (Å²) in [6.45, 7) is 5.38. The second-order valence-electron chi connectivity index (χ2n) is 7.48. The number of benzene rings is 2. The van der Waals surface area contributed by atoms with Crippen LogP contribution >= 0.6 is 0 Å². The molecular weight excluding hydrogens is 374 g/mol. The molecule has 2 aromatic carbocycles. The molecule has 0 spiro atoms. The van der Waals surface area contributed by atoms with Crippen LogP contribution in [-0.4, -0.2) is 55.4 Å². The lowest BCUT2D eigenvalue weighted by molar-refractivity contribution is -0.937. The van der Waals surface area contributed by atoms with Crippen molar-refractivity contribution >= 4 is 15.7 Å². The summed E-state index contributed by atoms with van der Waals surface area (Å²) in [5, 5.41) is 0. The minimum atomic E-state index is -3.55. The highest BCUT2D eigenvalue weighted by molar-refractivity contribution is 7.89. The van der Waals surface area contributed by atoms with Crippen LogP contribution in [0.25, 0.3) is 0 Å². The van der Waals surface area contributed by atoms with Gasteiger partial charge in [-0.1, -0.05) is 24.3 Å². The molecule has 1 fully saturated rings. The van der Waals surface area contributed by atoms with Crippen LogP contribution in [0.2, 0.25) is 0 Å². The van der Waals surface area contributed by atoms with Crippen LogP contribution in [0.4, 0.5) is 5.69 Å². The standard InChI is InChI=1S/C21H29N3O3S/c1-17-5-4-6-20(15-17)28(25,26)22-16-21(24-11-13-27-14-12-24)18-7-9-19(10-8-18)23(2)3/h4-10,15,21-22H,11-14,16H2,1-3H3/p+1/t21-/m1/s1. The lowest BCUT2D eigenvalue weighted by Gasteiger charge is -2.32. The van der Waals surface area contributed by atoms with E-state index in [2.05, 4.69) is 33.9 Å². The minimum Gasteiger partial charge on any atom is -0.378 e. The number of rotatable bonds is 7. The number of nitrogens with zero attached hydrogens (tertiary/aromatic N) is 1. The van der Waals surface area contributed by atoms with Gasteiger partial charge >= 0.3 is 0 Å². The van der Waals surface area contributed by atoms with E-state index in [1.807, 2.05) is 27.1 Å². The summed E-state index contributed by atoms with van der Waals surface area (Å²) in [4.78, 5) is 3.71. The monoisotopic (exact) mass is 404 g/mol. The van der Waals surface area contributed by atoms with Crippen molar-refractivity contribution in [3.63, 3.8) is 0 Å². The fraction of sp³-hybridized carbons (Fsp3) is 0.429. The van der Waals surface area contributed by atoms with Crippen molar-refractivity contribution in [1.29, 1.82) is 0 Å². The first-order valence-corrected chi connectivity index (χ1v) is 11.1. The van der Waals surface area contributed by atoms with Gasteiger partial charge in [0.15, 0.2) is 0 Å². The predicted octanol–water partition coefficient (Wildman–Crippen LogP) is 0.996. The summed E-state index contributed by atoms with van der Waals surface area (Å²) in [5.74, 6) is 0. The average molecular weight is 405 g/mol. The number of aryl methyl sites for hydroxylation is 1. The Morgan fingerprint density at radius 1 is 1.11 bits per heavy atom. The van der Waals surface area contributed by atoms with Gasteiger partial charge in [0.2, 0.25) is 10.0 Å². The summed E-state index contributed by atoms with van der Waals surface area (Å²) < 4.78 is 33.9. The van der Waals surface area contributed by atoms with Gasteiger partial charge in [0.1, 0.15) is 19.1 Å². The fourth-order valence-corrected chi connectivity index (χ4v) is 4.70. The van der Waals surface area contributed by atoms with Gasteiger partial charge in [0.05, 0.1) is 24.7 Å². The summed E-state index contributed by atoms with van der Waals surface area (Å²) in [5.41, 5.74) is 3.19. The molecule has 1 atom stereocenters. The lowest BCUT2D eigenvalue weighted by Crippen LogP contribution is -3.15. The number of hydrogen-bond acceptors (Lipinski definition) is 4. The van der Waals surface area contributed by atoms with Crippen molar-refractivity contribution in [2.45, 2.75) is 17.9 Å². The molecule has 0 saturated carbocycles. The van der Waals surface area contributed by atoms with Crippen molar-refractivity contribution in [1.82, 2.24) is 4.72 Å². The molecule has 28 heavy (non-hydrogen) atoms. The van der Waals surface area contributed by atoms with E-state index in [1.54, 1.807) is 18.2 Å². The number of sulfonamides is 1. The van der Waals surface area contributed by atoms with Gasteiger partial charge in [-0.15, -0.1) is 0 Å². The Morgan fingerprint density at radius 2 is 1.79 bits per heavy atom. The highest BCUT2D eigenvalue weighted by atomic mass is 32.2. The molecule has 0 unspecified atom stereocenters. The van der Waals surface area contributed by atoms with E-state index in [-0.39, 0.29) is 6.04 Å². The van der Waals surface area contributed by atoms with Crippen LogP contribution in [-0.2, 0) is 14.8 Å². The van der Waals surface area contributed by atoms with Gasteiger partial charge in [-0.25, -0.2) is 13.1 Å². The zero-order valence-corrected chi connectivity index (χ0v) is 17.6. The molecule has 1 aliphatic heterocycles. The summed E-state index contributed by atoms with van der Waals surface area (Å²) in [6.07, 6.45) is 0. The maximum Gasteiger partial charge on any atom is 0.240 e. The van der Waals surface area contributed by atoms with Gasteiger partial charge in [-0.2, -0.15) is 0 Å². The molecule has 0 aromatic heterocycles. The maximum atomic E-state index is 12.8. The molecule has 0 radical (unpaired) electrons. The zero-order chi connectivity index (χ0) is 20.1. The molecule has 2 N–H and O–H groups in total. The first kappa shape index (κ1) is 20.8. The predicted molar refractivity (Wildman–Crippen MR) is 111 cm³/mol. The second kappa shape index (κ2) is 9.05. The quantitative estimate of drug-likeness (QED) is 0.723. The second-order valence-corrected chi connectivity index (χ2v) is 9.24. The maximum absolute atomic E-state index is 12.8. The molecule has 1 saturated heterocycles. The van der Waals surface area contributed by atoms with E-state index in [0.29, 0.717) is 24.7 Å². The van der Waals surface area contributed by atoms with E-state index in [4.69, 9.17) is 4.74 Å². The molecule has 1 aliphatic rings. The van der Waals surface area contributed by atoms with Crippen molar-refractivity contribution in [3.8, 4) is 0 Å². The van der Waals surface area contributed by atoms with Crippen LogP contribution in [0.1, 0.15) is 17.2 Å². The normalized spacial score (nSPS) is 16.7. The Balaban J connectivity index is 1.81. The fourth-order valence-electron chi connectivity index (χ4n) is 3.54.